The van der Waals surface area contributed by atoms with Crippen molar-refractivity contribution < 1.29 is 13.2 Å². The number of carbonyl (C=O) groups is 1. The summed E-state index contributed by atoms with van der Waals surface area (Å²) in [6, 6.07) is 19.1. The highest BCUT2D eigenvalue weighted by Crippen LogP contribution is 2.24. The lowest BCUT2D eigenvalue weighted by Gasteiger charge is -2.35. The van der Waals surface area contributed by atoms with Crippen LogP contribution in [0.4, 0.5) is 5.69 Å². The van der Waals surface area contributed by atoms with E-state index in [4.69, 9.17) is 23.2 Å². The Hall–Kier alpha value is -3.57. The van der Waals surface area contributed by atoms with Gasteiger partial charge in [-0.2, -0.15) is 0 Å². The number of aromatic nitrogens is 2. The molecular formula is C31H33Cl2N5O4S. The predicted octanol–water partition coefficient (Wildman–Crippen LogP) is 4.90. The van der Waals surface area contributed by atoms with E-state index in [-0.39, 0.29) is 16.5 Å². The molecule has 1 aromatic heterocycles. The molecule has 0 aliphatic carbocycles. The summed E-state index contributed by atoms with van der Waals surface area (Å²) < 4.78 is 32.4. The van der Waals surface area contributed by atoms with Crippen LogP contribution in [0.5, 0.6) is 0 Å². The average molecular weight is 643 g/mol. The number of nitrogens with one attached hydrogen (secondary N) is 1. The summed E-state index contributed by atoms with van der Waals surface area (Å²) >= 11 is 12.2. The van der Waals surface area contributed by atoms with Gasteiger partial charge in [-0.1, -0.05) is 53.5 Å². The summed E-state index contributed by atoms with van der Waals surface area (Å²) in [5.41, 5.74) is 2.62. The molecule has 1 aliphatic heterocycles. The van der Waals surface area contributed by atoms with Crippen LogP contribution >= 0.6 is 23.2 Å². The Balaban J connectivity index is 1.28. The Labute approximate surface area is 261 Å². The van der Waals surface area contributed by atoms with Gasteiger partial charge in [0.05, 0.1) is 26.3 Å². The van der Waals surface area contributed by atoms with Crippen molar-refractivity contribution in [2.75, 3.05) is 37.4 Å². The van der Waals surface area contributed by atoms with E-state index in [2.05, 4.69) is 9.62 Å². The van der Waals surface area contributed by atoms with E-state index in [1.54, 1.807) is 66.9 Å². The Morgan fingerprint density at radius 1 is 0.907 bits per heavy atom. The van der Waals surface area contributed by atoms with Crippen LogP contribution in [0, 0.1) is 13.8 Å². The first-order valence-corrected chi connectivity index (χ1v) is 16.1. The molecule has 1 N–H and O–H groups in total. The van der Waals surface area contributed by atoms with Crippen LogP contribution in [0.2, 0.25) is 10.0 Å². The fraction of sp³-hybridized carbons (Fsp3) is 0.290. The number of sulfonamides is 1. The van der Waals surface area contributed by atoms with Crippen molar-refractivity contribution in [1.82, 2.24) is 19.2 Å². The topological polar surface area (TPSA) is 96.6 Å². The van der Waals surface area contributed by atoms with Gasteiger partial charge in [-0.25, -0.2) is 13.1 Å². The molecule has 0 radical (unpaired) electrons. The lowest BCUT2D eigenvalue weighted by atomic mass is 10.1. The summed E-state index contributed by atoms with van der Waals surface area (Å²) in [6.45, 7) is 6.73. The number of amides is 1. The van der Waals surface area contributed by atoms with Crippen molar-refractivity contribution in [1.29, 1.82) is 0 Å². The van der Waals surface area contributed by atoms with Crippen molar-refractivity contribution in [3.8, 4) is 5.69 Å². The van der Waals surface area contributed by atoms with Gasteiger partial charge in [0.1, 0.15) is 5.69 Å². The monoisotopic (exact) mass is 641 g/mol. The molecule has 0 spiro atoms. The maximum atomic E-state index is 13.5. The van der Waals surface area contributed by atoms with Crippen molar-refractivity contribution in [2.45, 2.75) is 25.2 Å². The molecule has 43 heavy (non-hydrogen) atoms. The van der Waals surface area contributed by atoms with Crippen LogP contribution in [0.1, 0.15) is 27.2 Å². The highest BCUT2D eigenvalue weighted by molar-refractivity contribution is 7.92. The van der Waals surface area contributed by atoms with Crippen molar-refractivity contribution in [3.63, 3.8) is 0 Å². The fourth-order valence-electron chi connectivity index (χ4n) is 5.21. The minimum atomic E-state index is -4.17. The largest absolute Gasteiger partial charge is 0.336 e. The Bertz CT molecular complexity index is 1830. The molecule has 0 bridgehead atoms. The van der Waals surface area contributed by atoms with E-state index in [0.29, 0.717) is 58.7 Å². The molecule has 3 aromatic carbocycles. The number of para-hydroxylation sites is 1. The number of rotatable bonds is 8. The van der Waals surface area contributed by atoms with Gasteiger partial charge in [0.15, 0.2) is 0 Å². The fourth-order valence-corrected chi connectivity index (χ4v) is 6.67. The first-order valence-electron chi connectivity index (χ1n) is 13.9. The zero-order valence-corrected chi connectivity index (χ0v) is 26.5. The molecule has 0 atom stereocenters. The molecular weight excluding hydrogens is 609 g/mol. The number of halogens is 2. The van der Waals surface area contributed by atoms with Gasteiger partial charge in [-0.15, -0.1) is 0 Å². The molecule has 1 amide bonds. The molecule has 0 saturated carbocycles. The first-order chi connectivity index (χ1) is 20.5. The van der Waals surface area contributed by atoms with Crippen LogP contribution in [0.25, 0.3) is 5.69 Å². The average Bonchev–Trinajstić information content (AvgIpc) is 3.20. The van der Waals surface area contributed by atoms with Gasteiger partial charge in [0.2, 0.25) is 0 Å². The number of aryl methyl sites for hydroxylation is 1. The number of nitrogens with zero attached hydrogens (tertiary/aromatic N) is 4. The molecule has 1 fully saturated rings. The number of hydrogen-bond donors (Lipinski definition) is 1. The third kappa shape index (κ3) is 6.52. The van der Waals surface area contributed by atoms with Gasteiger partial charge >= 0.3 is 0 Å². The van der Waals surface area contributed by atoms with Crippen LogP contribution in [0.3, 0.4) is 0 Å². The second-order valence-electron chi connectivity index (χ2n) is 10.7. The number of benzene rings is 3. The van der Waals surface area contributed by atoms with Crippen molar-refractivity contribution >= 4 is 44.8 Å². The highest BCUT2D eigenvalue weighted by Gasteiger charge is 2.27. The van der Waals surface area contributed by atoms with E-state index in [1.165, 1.54) is 16.8 Å². The minimum absolute atomic E-state index is 0.0446. The zero-order valence-electron chi connectivity index (χ0n) is 24.2. The SMILES string of the molecule is Cc1ccc(S(=O)(=O)Nc2c(C)n(C)n(-c3ccccc3)c2=O)cc1C(=O)N1CCN(CCc2ccc(Cl)c(Cl)c2)CC1. The summed E-state index contributed by atoms with van der Waals surface area (Å²) in [7, 11) is -2.48. The molecule has 1 aliphatic rings. The zero-order chi connectivity index (χ0) is 30.9. The number of piperazine rings is 1. The van der Waals surface area contributed by atoms with E-state index in [9.17, 15) is 18.0 Å². The van der Waals surface area contributed by atoms with E-state index in [1.807, 2.05) is 18.2 Å². The second-order valence-corrected chi connectivity index (χ2v) is 13.1. The normalized spacial score (nSPS) is 14.2. The van der Waals surface area contributed by atoms with Crippen LogP contribution < -0.4 is 10.3 Å². The van der Waals surface area contributed by atoms with Gasteiger partial charge in [-0.05, 0) is 67.8 Å². The third-order valence-corrected chi connectivity index (χ3v) is 9.99. The lowest BCUT2D eigenvalue weighted by Crippen LogP contribution is -2.49. The molecule has 0 unspecified atom stereocenters. The predicted molar refractivity (Wildman–Crippen MR) is 170 cm³/mol. The maximum Gasteiger partial charge on any atom is 0.296 e. The van der Waals surface area contributed by atoms with E-state index >= 15 is 0 Å². The van der Waals surface area contributed by atoms with E-state index < -0.39 is 15.6 Å². The Morgan fingerprint density at radius 3 is 2.28 bits per heavy atom. The molecule has 9 nitrogen and oxygen atoms in total. The Morgan fingerprint density at radius 2 is 1.60 bits per heavy atom. The standard InChI is InChI=1S/C31H33Cl2N5O4S/c1-21-9-11-25(43(41,42)34-29-22(2)35(3)38(31(29)40)24-7-5-4-6-8-24)20-26(21)30(39)37-17-15-36(16-18-37)14-13-23-10-12-27(32)28(33)19-23/h4-12,19-20,34H,13-18H2,1-3H3. The van der Waals surface area contributed by atoms with Gasteiger partial charge in [-0.3, -0.25) is 23.9 Å². The van der Waals surface area contributed by atoms with Gasteiger partial charge in [0, 0.05) is 45.3 Å². The summed E-state index contributed by atoms with van der Waals surface area (Å²) in [4.78, 5) is 30.8. The first kappa shape index (κ1) is 30.9. The summed E-state index contributed by atoms with van der Waals surface area (Å²) in [5.74, 6) is -0.221. The molecule has 226 valence electrons. The molecule has 1 saturated heterocycles. The number of anilines is 1. The van der Waals surface area contributed by atoms with E-state index in [0.717, 1.165) is 18.5 Å². The quantitative estimate of drug-likeness (QED) is 0.295. The van der Waals surface area contributed by atoms with Crippen molar-refractivity contribution in [3.05, 3.63) is 110 Å². The van der Waals surface area contributed by atoms with Crippen molar-refractivity contribution in [2.24, 2.45) is 7.05 Å². The molecule has 2 heterocycles. The molecule has 5 rings (SSSR count). The van der Waals surface area contributed by atoms with Crippen LogP contribution in [-0.2, 0) is 23.5 Å². The minimum Gasteiger partial charge on any atom is -0.336 e. The Kier molecular flexibility index (Phi) is 9.03. The van der Waals surface area contributed by atoms with Crippen LogP contribution in [-0.4, -0.2) is 66.2 Å². The summed E-state index contributed by atoms with van der Waals surface area (Å²) in [5, 5.41) is 1.06. The number of carbonyl (C=O) groups excluding carboxylic acids is 1. The maximum absolute atomic E-state index is 13.5. The number of hydrogen-bond acceptors (Lipinski definition) is 5. The van der Waals surface area contributed by atoms with Gasteiger partial charge < -0.3 is 4.90 Å². The second kappa shape index (κ2) is 12.6. The third-order valence-electron chi connectivity index (χ3n) is 7.90. The molecule has 4 aromatic rings. The lowest BCUT2D eigenvalue weighted by molar-refractivity contribution is 0.0637. The summed E-state index contributed by atoms with van der Waals surface area (Å²) in [6.07, 6.45) is 0.814. The van der Waals surface area contributed by atoms with Gasteiger partial charge in [0.25, 0.3) is 21.5 Å². The molecule has 12 heteroatoms. The smallest absolute Gasteiger partial charge is 0.296 e. The van der Waals surface area contributed by atoms with Crippen LogP contribution in [0.15, 0.2) is 76.4 Å². The highest BCUT2D eigenvalue weighted by atomic mass is 35.5.